The monoisotopic (exact) mass is 438 g/mol. The number of aromatic nitrogens is 3. The lowest BCUT2D eigenvalue weighted by molar-refractivity contribution is -0.116. The molecule has 3 aromatic heterocycles. The van der Waals surface area contributed by atoms with E-state index in [1.807, 2.05) is 41.1 Å². The number of carbonyl (C=O) groups is 1. The zero-order valence-electron chi connectivity index (χ0n) is 15.2. The number of hydrogen-bond donors (Lipinski definition) is 0. The van der Waals surface area contributed by atoms with Crippen LogP contribution in [-0.4, -0.2) is 26.1 Å². The first-order valence-corrected chi connectivity index (χ1v) is 11.3. The fourth-order valence-corrected chi connectivity index (χ4v) is 5.33. The summed E-state index contributed by atoms with van der Waals surface area (Å²) >= 11 is 3.85. The number of carbonyl (C=O) groups excluding carboxylic acids is 1. The maximum Gasteiger partial charge on any atom is 0.262 e. The molecule has 0 aliphatic carbocycles. The minimum Gasteiger partial charge on any atom is -0.297 e. The molecule has 3 heterocycles. The van der Waals surface area contributed by atoms with E-state index in [9.17, 15) is 14.9 Å². The highest BCUT2D eigenvalue weighted by Gasteiger charge is 2.24. The standard InChI is InChI=1S/C20H14N4O2S3/c1-24-19(26)13-7-8-27-17(13)23-20(24)29-11-16(25)14(9-21)18-22-15(10-28-18)12-5-3-2-4-6-12/h2-8,10,14H,11H2,1H3. The minimum atomic E-state index is -0.938. The van der Waals surface area contributed by atoms with Gasteiger partial charge < -0.3 is 0 Å². The Kier molecular flexibility index (Phi) is 5.58. The van der Waals surface area contributed by atoms with Gasteiger partial charge in [0.15, 0.2) is 16.9 Å². The van der Waals surface area contributed by atoms with Crippen LogP contribution in [0.3, 0.4) is 0 Å². The third-order valence-corrected chi connectivity index (χ3v) is 7.07. The predicted octanol–water partition coefficient (Wildman–Crippen LogP) is 4.09. The fourth-order valence-electron chi connectivity index (χ4n) is 2.75. The number of nitrogens with zero attached hydrogens (tertiary/aromatic N) is 4. The number of ketones is 1. The highest BCUT2D eigenvalue weighted by molar-refractivity contribution is 7.99. The van der Waals surface area contributed by atoms with Gasteiger partial charge in [0, 0.05) is 18.0 Å². The van der Waals surface area contributed by atoms with E-state index in [1.54, 1.807) is 13.1 Å². The predicted molar refractivity (Wildman–Crippen MR) is 116 cm³/mol. The van der Waals surface area contributed by atoms with Gasteiger partial charge in [-0.3, -0.25) is 14.2 Å². The van der Waals surface area contributed by atoms with Crippen LogP contribution in [0.2, 0.25) is 0 Å². The van der Waals surface area contributed by atoms with Crippen LogP contribution in [0.15, 0.2) is 57.1 Å². The maximum absolute atomic E-state index is 12.7. The summed E-state index contributed by atoms with van der Waals surface area (Å²) < 4.78 is 1.44. The van der Waals surface area contributed by atoms with Crippen LogP contribution >= 0.6 is 34.4 Å². The molecule has 0 N–H and O–H groups in total. The van der Waals surface area contributed by atoms with Crippen LogP contribution in [0, 0.1) is 11.3 Å². The first-order valence-electron chi connectivity index (χ1n) is 8.58. The smallest absolute Gasteiger partial charge is 0.262 e. The van der Waals surface area contributed by atoms with Gasteiger partial charge in [-0.25, -0.2) is 9.97 Å². The van der Waals surface area contributed by atoms with Crippen molar-refractivity contribution in [2.45, 2.75) is 11.1 Å². The Labute approximate surface area is 178 Å². The molecule has 0 saturated carbocycles. The highest BCUT2D eigenvalue weighted by Crippen LogP contribution is 2.28. The van der Waals surface area contributed by atoms with Crippen LogP contribution in [0.4, 0.5) is 0 Å². The lowest BCUT2D eigenvalue weighted by atomic mass is 10.1. The molecule has 0 bridgehead atoms. The Bertz CT molecular complexity index is 1280. The van der Waals surface area contributed by atoms with Gasteiger partial charge in [0.2, 0.25) is 0 Å². The lowest BCUT2D eigenvalue weighted by Crippen LogP contribution is -2.20. The molecule has 1 aromatic carbocycles. The van der Waals surface area contributed by atoms with Crippen molar-refractivity contribution in [2.75, 3.05) is 5.75 Å². The summed E-state index contributed by atoms with van der Waals surface area (Å²) in [6, 6.07) is 13.4. The van der Waals surface area contributed by atoms with Crippen LogP contribution in [0.25, 0.3) is 21.5 Å². The van der Waals surface area contributed by atoms with Gasteiger partial charge in [0.05, 0.1) is 22.9 Å². The third-order valence-electron chi connectivity index (χ3n) is 4.30. The van der Waals surface area contributed by atoms with Gasteiger partial charge in [-0.1, -0.05) is 42.1 Å². The Morgan fingerprint density at radius 2 is 2.03 bits per heavy atom. The van der Waals surface area contributed by atoms with E-state index < -0.39 is 5.92 Å². The lowest BCUT2D eigenvalue weighted by Gasteiger charge is -2.08. The molecular formula is C20H14N4O2S3. The summed E-state index contributed by atoms with van der Waals surface area (Å²) in [6.45, 7) is 0. The molecule has 1 unspecified atom stereocenters. The average Bonchev–Trinajstić information content (AvgIpc) is 3.41. The van der Waals surface area contributed by atoms with Crippen LogP contribution in [0.1, 0.15) is 10.9 Å². The summed E-state index contributed by atoms with van der Waals surface area (Å²) in [5.74, 6) is -1.16. The number of thioether (sulfide) groups is 1. The van der Waals surface area contributed by atoms with E-state index in [2.05, 4.69) is 16.0 Å². The number of rotatable bonds is 6. The molecule has 4 aromatic rings. The van der Waals surface area contributed by atoms with E-state index in [-0.39, 0.29) is 17.1 Å². The van der Waals surface area contributed by atoms with E-state index >= 15 is 0 Å². The second-order valence-corrected chi connectivity index (χ2v) is 8.88. The number of Topliss-reactive ketones (excluding diaryl/α,β-unsaturated/α-hetero) is 1. The number of fused-ring (bicyclic) bond motifs is 1. The molecule has 29 heavy (non-hydrogen) atoms. The van der Waals surface area contributed by atoms with Crippen molar-refractivity contribution in [3.63, 3.8) is 0 Å². The van der Waals surface area contributed by atoms with Crippen LogP contribution < -0.4 is 5.56 Å². The second-order valence-electron chi connectivity index (χ2n) is 6.15. The second kappa shape index (κ2) is 8.29. The normalized spacial score (nSPS) is 12.0. The van der Waals surface area contributed by atoms with Gasteiger partial charge >= 0.3 is 0 Å². The van der Waals surface area contributed by atoms with Gasteiger partial charge in [-0.05, 0) is 11.4 Å². The molecule has 0 fully saturated rings. The average molecular weight is 439 g/mol. The van der Waals surface area contributed by atoms with Crippen molar-refractivity contribution < 1.29 is 4.79 Å². The fraction of sp³-hybridized carbons (Fsp3) is 0.150. The molecule has 0 spiro atoms. The summed E-state index contributed by atoms with van der Waals surface area (Å²) in [5.41, 5.74) is 1.55. The number of thiazole rings is 1. The number of hydrogen-bond acceptors (Lipinski definition) is 8. The molecule has 0 saturated heterocycles. The molecule has 144 valence electrons. The Hall–Kier alpha value is -2.80. The van der Waals surface area contributed by atoms with Crippen molar-refractivity contribution in [3.05, 3.63) is 62.5 Å². The first kappa shape index (κ1) is 19.5. The molecule has 9 heteroatoms. The van der Waals surface area contributed by atoms with Gasteiger partial charge in [-0.2, -0.15) is 5.26 Å². The van der Waals surface area contributed by atoms with E-state index in [1.165, 1.54) is 27.2 Å². The van der Waals surface area contributed by atoms with E-state index in [4.69, 9.17) is 0 Å². The number of nitriles is 1. The molecule has 0 aliphatic heterocycles. The highest BCUT2D eigenvalue weighted by atomic mass is 32.2. The van der Waals surface area contributed by atoms with Crippen molar-refractivity contribution >= 4 is 50.4 Å². The quantitative estimate of drug-likeness (QED) is 0.333. The minimum absolute atomic E-state index is 0.0373. The summed E-state index contributed by atoms with van der Waals surface area (Å²) in [7, 11) is 1.63. The summed E-state index contributed by atoms with van der Waals surface area (Å²) in [5, 5.41) is 14.7. The number of thiophene rings is 1. The maximum atomic E-state index is 12.7. The molecule has 0 radical (unpaired) electrons. The largest absolute Gasteiger partial charge is 0.297 e. The summed E-state index contributed by atoms with van der Waals surface area (Å²) in [6.07, 6.45) is 0. The Morgan fingerprint density at radius 3 is 2.79 bits per heavy atom. The summed E-state index contributed by atoms with van der Waals surface area (Å²) in [4.78, 5) is 34.7. The van der Waals surface area contributed by atoms with Crippen molar-refractivity contribution in [3.8, 4) is 17.3 Å². The molecule has 0 aliphatic rings. The Morgan fingerprint density at radius 1 is 1.24 bits per heavy atom. The SMILES string of the molecule is Cn1c(SCC(=O)C(C#N)c2nc(-c3ccccc3)cs2)nc2sccc2c1=O. The third kappa shape index (κ3) is 3.87. The molecule has 0 amide bonds. The van der Waals surface area contributed by atoms with Crippen molar-refractivity contribution in [2.24, 2.45) is 7.05 Å². The number of benzene rings is 1. The molecular weight excluding hydrogens is 424 g/mol. The van der Waals surface area contributed by atoms with Crippen LogP contribution in [-0.2, 0) is 11.8 Å². The van der Waals surface area contributed by atoms with Gasteiger partial charge in [-0.15, -0.1) is 22.7 Å². The van der Waals surface area contributed by atoms with Crippen molar-refractivity contribution in [1.29, 1.82) is 5.26 Å². The molecule has 1 atom stereocenters. The van der Waals surface area contributed by atoms with Gasteiger partial charge in [0.25, 0.3) is 5.56 Å². The zero-order valence-corrected chi connectivity index (χ0v) is 17.7. The molecule has 4 rings (SSSR count). The van der Waals surface area contributed by atoms with Crippen molar-refractivity contribution in [1.82, 2.24) is 14.5 Å². The first-order chi connectivity index (χ1) is 14.1. The topological polar surface area (TPSA) is 88.6 Å². The van der Waals surface area contributed by atoms with E-state index in [0.717, 1.165) is 23.0 Å². The van der Waals surface area contributed by atoms with Crippen LogP contribution in [0.5, 0.6) is 0 Å². The zero-order chi connectivity index (χ0) is 20.4. The molecule has 6 nitrogen and oxygen atoms in total. The van der Waals surface area contributed by atoms with E-state index in [0.29, 0.717) is 20.4 Å². The van der Waals surface area contributed by atoms with Gasteiger partial charge in [0.1, 0.15) is 9.84 Å². The Balaban J connectivity index is 1.52.